The van der Waals surface area contributed by atoms with Crippen molar-refractivity contribution < 1.29 is 9.90 Å². The molecule has 0 unspecified atom stereocenters. The number of hydrogen-bond acceptors (Lipinski definition) is 3. The van der Waals surface area contributed by atoms with Crippen LogP contribution in [0.2, 0.25) is 0 Å². The van der Waals surface area contributed by atoms with E-state index < -0.39 is 0 Å². The van der Waals surface area contributed by atoms with Crippen LogP contribution < -0.4 is 0 Å². The van der Waals surface area contributed by atoms with Gasteiger partial charge in [0, 0.05) is 25.0 Å². The number of nitrogens with zero attached hydrogens (tertiary/aromatic N) is 1. The number of carbonyl (C=O) groups excluding carboxylic acids is 1. The van der Waals surface area contributed by atoms with Crippen molar-refractivity contribution in [1.29, 1.82) is 0 Å². The standard InChI is InChI=1S/C10H19NO2/c1-10(2,3)11-5-8(6-11)4-9(13)7-12/h8,12H,4-7H2,1-3H3. The first-order valence-corrected chi connectivity index (χ1v) is 4.81. The number of aliphatic hydroxyl groups is 1. The van der Waals surface area contributed by atoms with Gasteiger partial charge in [-0.05, 0) is 26.7 Å². The van der Waals surface area contributed by atoms with Crippen molar-refractivity contribution in [2.75, 3.05) is 19.7 Å². The zero-order chi connectivity index (χ0) is 10.1. The fraction of sp³-hybridized carbons (Fsp3) is 0.900. The van der Waals surface area contributed by atoms with Crippen LogP contribution >= 0.6 is 0 Å². The van der Waals surface area contributed by atoms with E-state index in [0.29, 0.717) is 12.3 Å². The molecule has 0 bridgehead atoms. The van der Waals surface area contributed by atoms with Gasteiger partial charge in [-0.3, -0.25) is 9.69 Å². The third kappa shape index (κ3) is 2.78. The maximum atomic E-state index is 10.9. The molecular weight excluding hydrogens is 166 g/mol. The quantitative estimate of drug-likeness (QED) is 0.702. The van der Waals surface area contributed by atoms with E-state index in [4.69, 9.17) is 5.11 Å². The Morgan fingerprint density at radius 3 is 2.38 bits per heavy atom. The maximum Gasteiger partial charge on any atom is 0.158 e. The molecular formula is C10H19NO2. The van der Waals surface area contributed by atoms with Crippen LogP contribution in [0.25, 0.3) is 0 Å². The van der Waals surface area contributed by atoms with Gasteiger partial charge in [0.25, 0.3) is 0 Å². The molecule has 13 heavy (non-hydrogen) atoms. The molecule has 0 atom stereocenters. The van der Waals surface area contributed by atoms with Crippen LogP contribution in [0.3, 0.4) is 0 Å². The van der Waals surface area contributed by atoms with Gasteiger partial charge in [-0.1, -0.05) is 0 Å². The predicted molar refractivity (Wildman–Crippen MR) is 51.5 cm³/mol. The van der Waals surface area contributed by atoms with E-state index in [0.717, 1.165) is 13.1 Å². The normalized spacial score (nSPS) is 20.0. The minimum absolute atomic E-state index is 0.0291. The van der Waals surface area contributed by atoms with Crippen LogP contribution in [0.15, 0.2) is 0 Å². The van der Waals surface area contributed by atoms with Crippen molar-refractivity contribution in [2.24, 2.45) is 5.92 Å². The van der Waals surface area contributed by atoms with Crippen molar-refractivity contribution in [3.8, 4) is 0 Å². The fourth-order valence-corrected chi connectivity index (χ4v) is 1.63. The summed E-state index contributed by atoms with van der Waals surface area (Å²) in [5.74, 6) is 0.442. The zero-order valence-corrected chi connectivity index (χ0v) is 8.71. The van der Waals surface area contributed by atoms with Crippen LogP contribution in [0, 0.1) is 5.92 Å². The summed E-state index contributed by atoms with van der Waals surface area (Å²) in [5.41, 5.74) is 0.221. The highest BCUT2D eigenvalue weighted by molar-refractivity contribution is 5.79. The van der Waals surface area contributed by atoms with Gasteiger partial charge < -0.3 is 5.11 Å². The maximum absolute atomic E-state index is 10.9. The minimum atomic E-state index is -0.300. The van der Waals surface area contributed by atoms with Crippen LogP contribution in [-0.4, -0.2) is 41.0 Å². The topological polar surface area (TPSA) is 40.5 Å². The summed E-state index contributed by atoms with van der Waals surface area (Å²) in [6.07, 6.45) is 0.545. The molecule has 1 fully saturated rings. The average molecular weight is 185 g/mol. The molecule has 3 nitrogen and oxygen atoms in total. The second-order valence-corrected chi connectivity index (χ2v) is 4.84. The Bertz CT molecular complexity index is 190. The van der Waals surface area contributed by atoms with Gasteiger partial charge in [-0.25, -0.2) is 0 Å². The lowest BCUT2D eigenvalue weighted by Gasteiger charge is -2.47. The Balaban J connectivity index is 2.22. The molecule has 0 radical (unpaired) electrons. The van der Waals surface area contributed by atoms with Crippen molar-refractivity contribution in [3.63, 3.8) is 0 Å². The minimum Gasteiger partial charge on any atom is -0.389 e. The molecule has 1 saturated heterocycles. The first-order valence-electron chi connectivity index (χ1n) is 4.81. The Morgan fingerprint density at radius 2 is 2.00 bits per heavy atom. The largest absolute Gasteiger partial charge is 0.389 e. The Labute approximate surface area is 79.7 Å². The van der Waals surface area contributed by atoms with Crippen molar-refractivity contribution >= 4 is 5.78 Å². The fourth-order valence-electron chi connectivity index (χ4n) is 1.63. The third-order valence-electron chi connectivity index (χ3n) is 2.60. The SMILES string of the molecule is CC(C)(C)N1CC(CC(=O)CO)C1. The molecule has 1 aliphatic heterocycles. The number of hydrogen-bond donors (Lipinski definition) is 1. The van der Waals surface area contributed by atoms with Crippen LogP contribution in [-0.2, 0) is 4.79 Å². The molecule has 0 saturated carbocycles. The first-order chi connectivity index (χ1) is 5.93. The monoisotopic (exact) mass is 185 g/mol. The van der Waals surface area contributed by atoms with E-state index in [2.05, 4.69) is 25.7 Å². The number of aliphatic hydroxyl groups excluding tert-OH is 1. The van der Waals surface area contributed by atoms with Crippen molar-refractivity contribution in [1.82, 2.24) is 4.90 Å². The predicted octanol–water partition coefficient (Wildman–Crippen LogP) is 0.668. The Kier molecular flexibility index (Phi) is 3.09. The van der Waals surface area contributed by atoms with E-state index in [9.17, 15) is 4.79 Å². The molecule has 1 aliphatic rings. The van der Waals surface area contributed by atoms with E-state index in [1.807, 2.05) is 0 Å². The number of carbonyl (C=O) groups is 1. The van der Waals surface area contributed by atoms with Gasteiger partial charge in [0.1, 0.15) is 6.61 Å². The highest BCUT2D eigenvalue weighted by atomic mass is 16.3. The van der Waals surface area contributed by atoms with E-state index in [1.54, 1.807) is 0 Å². The summed E-state index contributed by atoms with van der Waals surface area (Å²) in [4.78, 5) is 13.3. The molecule has 1 N–H and O–H groups in total. The van der Waals surface area contributed by atoms with Crippen LogP contribution in [0.5, 0.6) is 0 Å². The molecule has 0 aromatic heterocycles. The molecule has 0 aliphatic carbocycles. The zero-order valence-electron chi connectivity index (χ0n) is 8.71. The summed E-state index contributed by atoms with van der Waals surface area (Å²) in [5, 5.41) is 8.57. The second kappa shape index (κ2) is 3.76. The smallest absolute Gasteiger partial charge is 0.158 e. The molecule has 1 rings (SSSR count). The van der Waals surface area contributed by atoms with Crippen molar-refractivity contribution in [2.45, 2.75) is 32.7 Å². The van der Waals surface area contributed by atoms with E-state index >= 15 is 0 Å². The first kappa shape index (κ1) is 10.7. The number of likely N-dealkylation sites (tertiary alicyclic amines) is 1. The van der Waals surface area contributed by atoms with Crippen LogP contribution in [0.1, 0.15) is 27.2 Å². The summed E-state index contributed by atoms with van der Waals surface area (Å²) < 4.78 is 0. The summed E-state index contributed by atoms with van der Waals surface area (Å²) in [7, 11) is 0. The lowest BCUT2D eigenvalue weighted by atomic mass is 9.89. The van der Waals surface area contributed by atoms with Crippen LogP contribution in [0.4, 0.5) is 0 Å². The Hall–Kier alpha value is -0.410. The molecule has 0 amide bonds. The van der Waals surface area contributed by atoms with Gasteiger partial charge in [0.15, 0.2) is 5.78 Å². The average Bonchev–Trinajstić information content (AvgIpc) is 1.92. The summed E-state index contributed by atoms with van der Waals surface area (Å²) in [6, 6.07) is 0. The highest BCUT2D eigenvalue weighted by Crippen LogP contribution is 2.27. The number of ketones is 1. The van der Waals surface area contributed by atoms with Gasteiger partial charge >= 0.3 is 0 Å². The molecule has 76 valence electrons. The highest BCUT2D eigenvalue weighted by Gasteiger charge is 2.34. The molecule has 0 aromatic rings. The molecule has 3 heteroatoms. The van der Waals surface area contributed by atoms with Gasteiger partial charge in [-0.2, -0.15) is 0 Å². The summed E-state index contributed by atoms with van der Waals surface area (Å²) >= 11 is 0. The van der Waals surface area contributed by atoms with Crippen molar-refractivity contribution in [3.05, 3.63) is 0 Å². The van der Waals surface area contributed by atoms with Gasteiger partial charge in [0.2, 0.25) is 0 Å². The van der Waals surface area contributed by atoms with Gasteiger partial charge in [-0.15, -0.1) is 0 Å². The van der Waals surface area contributed by atoms with E-state index in [1.165, 1.54) is 0 Å². The number of rotatable bonds is 3. The van der Waals surface area contributed by atoms with E-state index in [-0.39, 0.29) is 17.9 Å². The third-order valence-corrected chi connectivity index (χ3v) is 2.60. The van der Waals surface area contributed by atoms with Gasteiger partial charge in [0.05, 0.1) is 0 Å². The lowest BCUT2D eigenvalue weighted by molar-refractivity contribution is -0.124. The Morgan fingerprint density at radius 1 is 1.46 bits per heavy atom. The molecule has 1 heterocycles. The number of Topliss-reactive ketones (excluding diaryl/α,β-unsaturated/α-hetero) is 1. The molecule has 0 spiro atoms. The summed E-state index contributed by atoms with van der Waals surface area (Å²) in [6.45, 7) is 8.22. The molecule has 0 aromatic carbocycles. The lowest BCUT2D eigenvalue weighted by Crippen LogP contribution is -2.56. The second-order valence-electron chi connectivity index (χ2n) is 4.84.